The molecular weight excluding hydrogens is 389 g/mol. The zero-order valence-electron chi connectivity index (χ0n) is 16.7. The van der Waals surface area contributed by atoms with Gasteiger partial charge in [-0.25, -0.2) is 9.50 Å². The van der Waals surface area contributed by atoms with E-state index in [9.17, 15) is 18.0 Å². The summed E-state index contributed by atoms with van der Waals surface area (Å²) in [6, 6.07) is 1.66. The first kappa shape index (κ1) is 20.7. The SMILES string of the molecule is Cc1nc2nc(C(F)(F)F)nn2c(C)c1CCC(=O)Nc1cc(C(C)(C)C)on1. The molecule has 29 heavy (non-hydrogen) atoms. The van der Waals surface area contributed by atoms with Crippen LogP contribution in [0.1, 0.15) is 55.7 Å². The van der Waals surface area contributed by atoms with Gasteiger partial charge in [-0.3, -0.25) is 4.79 Å². The molecule has 0 saturated heterocycles. The van der Waals surface area contributed by atoms with E-state index in [2.05, 4.69) is 25.5 Å². The number of anilines is 1. The monoisotopic (exact) mass is 410 g/mol. The fourth-order valence-corrected chi connectivity index (χ4v) is 2.82. The topological polar surface area (TPSA) is 98.2 Å². The van der Waals surface area contributed by atoms with Crippen LogP contribution < -0.4 is 5.32 Å². The minimum absolute atomic E-state index is 0.0907. The molecule has 11 heteroatoms. The lowest BCUT2D eigenvalue weighted by Crippen LogP contribution is -2.15. The van der Waals surface area contributed by atoms with E-state index in [1.54, 1.807) is 19.9 Å². The van der Waals surface area contributed by atoms with Crippen LogP contribution in [0.5, 0.6) is 0 Å². The van der Waals surface area contributed by atoms with Gasteiger partial charge in [0.15, 0.2) is 5.82 Å². The molecule has 3 aromatic rings. The van der Waals surface area contributed by atoms with Crippen LogP contribution in [0.2, 0.25) is 0 Å². The lowest BCUT2D eigenvalue weighted by atomic mass is 9.93. The second-order valence-corrected chi connectivity index (χ2v) is 7.78. The number of fused-ring (bicyclic) bond motifs is 1. The molecule has 0 unspecified atom stereocenters. The first-order chi connectivity index (χ1) is 13.4. The average molecular weight is 410 g/mol. The van der Waals surface area contributed by atoms with E-state index in [1.165, 1.54) is 0 Å². The van der Waals surface area contributed by atoms with E-state index in [1.807, 2.05) is 20.8 Å². The summed E-state index contributed by atoms with van der Waals surface area (Å²) >= 11 is 0. The largest absolute Gasteiger partial charge is 0.453 e. The van der Waals surface area contributed by atoms with E-state index in [4.69, 9.17) is 4.52 Å². The van der Waals surface area contributed by atoms with Gasteiger partial charge in [-0.15, -0.1) is 5.10 Å². The van der Waals surface area contributed by atoms with Crippen LogP contribution in [-0.4, -0.2) is 30.6 Å². The Morgan fingerprint density at radius 3 is 2.48 bits per heavy atom. The number of hydrogen-bond donors (Lipinski definition) is 1. The molecule has 0 atom stereocenters. The number of halogens is 3. The summed E-state index contributed by atoms with van der Waals surface area (Å²) in [4.78, 5) is 19.8. The van der Waals surface area contributed by atoms with Gasteiger partial charge in [0.1, 0.15) is 5.76 Å². The summed E-state index contributed by atoms with van der Waals surface area (Å²) in [7, 11) is 0. The molecule has 0 aromatic carbocycles. The smallest absolute Gasteiger partial charge is 0.359 e. The summed E-state index contributed by atoms with van der Waals surface area (Å²) < 4.78 is 44.9. The molecule has 1 N–H and O–H groups in total. The Morgan fingerprint density at radius 2 is 1.90 bits per heavy atom. The standard InChI is InChI=1S/C18H21F3N6O2/c1-9-11(10(2)27-16(22-9)24-15(25-27)18(19,20)21)6-7-14(28)23-13-8-12(29-26-13)17(3,4)5/h8H,6-7H2,1-5H3,(H,23,26,28). The molecule has 156 valence electrons. The van der Waals surface area contributed by atoms with Gasteiger partial charge in [0, 0.05) is 29.3 Å². The summed E-state index contributed by atoms with van der Waals surface area (Å²) in [5, 5.41) is 9.99. The third-order valence-electron chi connectivity index (χ3n) is 4.42. The van der Waals surface area contributed by atoms with Gasteiger partial charge >= 0.3 is 6.18 Å². The van der Waals surface area contributed by atoms with E-state index in [0.29, 0.717) is 28.5 Å². The van der Waals surface area contributed by atoms with Crippen molar-refractivity contribution < 1.29 is 22.5 Å². The third kappa shape index (κ3) is 4.38. The first-order valence-electron chi connectivity index (χ1n) is 8.93. The molecule has 0 aliphatic carbocycles. The van der Waals surface area contributed by atoms with Crippen molar-refractivity contribution in [1.29, 1.82) is 0 Å². The Labute approximate surface area is 164 Å². The molecule has 0 bridgehead atoms. The Hall–Kier alpha value is -2.98. The number of nitrogens with zero attached hydrogens (tertiary/aromatic N) is 5. The van der Waals surface area contributed by atoms with Gasteiger partial charge in [-0.2, -0.15) is 18.2 Å². The highest BCUT2D eigenvalue weighted by Gasteiger charge is 2.37. The van der Waals surface area contributed by atoms with Gasteiger partial charge in [0.25, 0.3) is 11.6 Å². The van der Waals surface area contributed by atoms with Crippen LogP contribution in [0.25, 0.3) is 5.78 Å². The molecule has 0 aliphatic rings. The van der Waals surface area contributed by atoms with Crippen molar-refractivity contribution in [3.63, 3.8) is 0 Å². The van der Waals surface area contributed by atoms with Gasteiger partial charge in [-0.05, 0) is 25.8 Å². The second kappa shape index (κ2) is 7.12. The number of rotatable bonds is 4. The van der Waals surface area contributed by atoms with E-state index < -0.39 is 12.0 Å². The number of alkyl halides is 3. The minimum atomic E-state index is -4.66. The van der Waals surface area contributed by atoms with Crippen LogP contribution in [0.3, 0.4) is 0 Å². The van der Waals surface area contributed by atoms with Crippen molar-refractivity contribution >= 4 is 17.5 Å². The zero-order chi connectivity index (χ0) is 21.6. The van der Waals surface area contributed by atoms with Gasteiger partial charge in [-0.1, -0.05) is 25.9 Å². The summed E-state index contributed by atoms with van der Waals surface area (Å²) in [5.74, 6) is -0.720. The fraction of sp³-hybridized carbons (Fsp3) is 0.500. The summed E-state index contributed by atoms with van der Waals surface area (Å²) in [6.45, 7) is 9.17. The van der Waals surface area contributed by atoms with Crippen LogP contribution in [-0.2, 0) is 22.8 Å². The molecular formula is C18H21F3N6O2. The quantitative estimate of drug-likeness (QED) is 0.706. The van der Waals surface area contributed by atoms with E-state index >= 15 is 0 Å². The fourth-order valence-electron chi connectivity index (χ4n) is 2.82. The first-order valence-corrected chi connectivity index (χ1v) is 8.93. The van der Waals surface area contributed by atoms with Crippen LogP contribution >= 0.6 is 0 Å². The molecule has 3 heterocycles. The maximum Gasteiger partial charge on any atom is 0.453 e. The lowest BCUT2D eigenvalue weighted by molar-refractivity contribution is -0.144. The molecule has 1 amide bonds. The summed E-state index contributed by atoms with van der Waals surface area (Å²) in [6.07, 6.45) is -4.29. The Morgan fingerprint density at radius 1 is 1.21 bits per heavy atom. The molecule has 3 rings (SSSR count). The number of hydrogen-bond acceptors (Lipinski definition) is 6. The maximum absolute atomic E-state index is 12.9. The molecule has 0 fully saturated rings. The Bertz CT molecular complexity index is 1060. The second-order valence-electron chi connectivity index (χ2n) is 7.78. The number of amides is 1. The van der Waals surface area contributed by atoms with Crippen molar-refractivity contribution in [2.45, 2.75) is 59.1 Å². The average Bonchev–Trinajstić information content (AvgIpc) is 3.20. The molecule has 3 aromatic heterocycles. The normalized spacial score (nSPS) is 12.6. The Balaban J connectivity index is 1.74. The van der Waals surface area contributed by atoms with Gasteiger partial charge in [0.2, 0.25) is 5.91 Å². The highest BCUT2D eigenvalue weighted by molar-refractivity contribution is 5.89. The Kier molecular flexibility index (Phi) is 5.10. The summed E-state index contributed by atoms with van der Waals surface area (Å²) in [5.41, 5.74) is 1.36. The minimum Gasteiger partial charge on any atom is -0.359 e. The van der Waals surface area contributed by atoms with Crippen LogP contribution in [0, 0.1) is 13.8 Å². The van der Waals surface area contributed by atoms with E-state index in [0.717, 1.165) is 4.52 Å². The highest BCUT2D eigenvalue weighted by atomic mass is 19.4. The highest BCUT2D eigenvalue weighted by Crippen LogP contribution is 2.27. The third-order valence-corrected chi connectivity index (χ3v) is 4.42. The molecule has 8 nitrogen and oxygen atoms in total. The molecule has 0 saturated carbocycles. The number of aromatic nitrogens is 5. The van der Waals surface area contributed by atoms with Gasteiger partial charge < -0.3 is 9.84 Å². The van der Waals surface area contributed by atoms with Crippen molar-refractivity contribution in [3.05, 3.63) is 34.6 Å². The van der Waals surface area contributed by atoms with Crippen molar-refractivity contribution in [2.24, 2.45) is 0 Å². The predicted molar refractivity (Wildman–Crippen MR) is 97.4 cm³/mol. The predicted octanol–water partition coefficient (Wildman–Crippen LogP) is 3.62. The molecule has 0 spiro atoms. The van der Waals surface area contributed by atoms with Crippen molar-refractivity contribution in [3.8, 4) is 0 Å². The van der Waals surface area contributed by atoms with Crippen LogP contribution in [0.4, 0.5) is 19.0 Å². The van der Waals surface area contributed by atoms with Crippen molar-refractivity contribution in [2.75, 3.05) is 5.32 Å². The molecule has 0 aliphatic heterocycles. The number of aryl methyl sites for hydroxylation is 2. The number of carbonyl (C=O) groups excluding carboxylic acids is 1. The lowest BCUT2D eigenvalue weighted by Gasteiger charge is -2.12. The van der Waals surface area contributed by atoms with E-state index in [-0.39, 0.29) is 29.9 Å². The zero-order valence-corrected chi connectivity index (χ0v) is 16.7. The molecule has 0 radical (unpaired) electrons. The van der Waals surface area contributed by atoms with Gasteiger partial charge in [0.05, 0.1) is 0 Å². The van der Waals surface area contributed by atoms with Crippen molar-refractivity contribution in [1.82, 2.24) is 24.7 Å². The number of nitrogens with one attached hydrogen (secondary N) is 1. The maximum atomic E-state index is 12.9. The number of carbonyl (C=O) groups is 1. The van der Waals surface area contributed by atoms with Crippen LogP contribution in [0.15, 0.2) is 10.6 Å².